The third-order valence-electron chi connectivity index (χ3n) is 5.46. The van der Waals surface area contributed by atoms with E-state index in [9.17, 15) is 27.5 Å². The smallest absolute Gasteiger partial charge is 0.422 e. The summed E-state index contributed by atoms with van der Waals surface area (Å²) in [5, 5.41) is 11.3. The standard InChI is InChI=1S/C24H23F4N3O3/c1-22(2,16-11-15(25)8-10-19(16)34-3)12-23(33,24(26,27)28)13-30-17-6-4-5-14-7-9-18(21(29)32)31-20(14)17/h4-11,13,33H,12H2,1-3H3,(H2,29,32)/b30-13+. The van der Waals surface area contributed by atoms with Gasteiger partial charge in [-0.25, -0.2) is 9.37 Å². The molecule has 1 atom stereocenters. The molecule has 0 bridgehead atoms. The number of methoxy groups -OCH3 is 1. The minimum atomic E-state index is -5.11. The third kappa shape index (κ3) is 5.01. The summed E-state index contributed by atoms with van der Waals surface area (Å²) < 4.78 is 61.3. The first-order chi connectivity index (χ1) is 15.8. The second kappa shape index (κ2) is 9.02. The topological polar surface area (TPSA) is 97.8 Å². The van der Waals surface area contributed by atoms with E-state index in [-0.39, 0.29) is 28.2 Å². The number of alkyl halides is 3. The predicted molar refractivity (Wildman–Crippen MR) is 120 cm³/mol. The van der Waals surface area contributed by atoms with Crippen LogP contribution in [0.1, 0.15) is 36.3 Å². The van der Waals surface area contributed by atoms with Gasteiger partial charge in [0.25, 0.3) is 5.91 Å². The zero-order valence-electron chi connectivity index (χ0n) is 18.7. The maximum Gasteiger partial charge on any atom is 0.422 e. The highest BCUT2D eigenvalue weighted by molar-refractivity contribution is 5.97. The van der Waals surface area contributed by atoms with Crippen LogP contribution in [-0.4, -0.2) is 41.1 Å². The number of aromatic nitrogens is 1. The van der Waals surface area contributed by atoms with Gasteiger partial charge in [0, 0.05) is 17.2 Å². The lowest BCUT2D eigenvalue weighted by Gasteiger charge is -2.36. The van der Waals surface area contributed by atoms with E-state index in [0.717, 1.165) is 12.1 Å². The molecule has 0 aliphatic carbocycles. The number of halogens is 4. The number of carbonyl (C=O) groups is 1. The predicted octanol–water partition coefficient (Wildman–Crippen LogP) is 4.85. The average molecular weight is 477 g/mol. The maximum atomic E-state index is 14.1. The molecule has 6 nitrogen and oxygen atoms in total. The number of nitrogens with two attached hydrogens (primary N) is 1. The van der Waals surface area contributed by atoms with E-state index < -0.39 is 35.3 Å². The molecule has 2 aromatic carbocycles. The van der Waals surface area contributed by atoms with Gasteiger partial charge in [0.15, 0.2) is 5.60 Å². The van der Waals surface area contributed by atoms with Crippen molar-refractivity contribution in [3.05, 3.63) is 65.6 Å². The molecule has 0 fully saturated rings. The molecule has 1 aromatic heterocycles. The molecule has 1 amide bonds. The number of amides is 1. The number of aliphatic imine (C=N–C) groups is 1. The molecule has 0 saturated heterocycles. The van der Waals surface area contributed by atoms with Gasteiger partial charge in [-0.2, -0.15) is 13.2 Å². The van der Waals surface area contributed by atoms with Gasteiger partial charge in [0.2, 0.25) is 0 Å². The Balaban J connectivity index is 2.07. The van der Waals surface area contributed by atoms with E-state index in [4.69, 9.17) is 10.5 Å². The number of carbonyl (C=O) groups excluding carboxylic acids is 1. The summed E-state index contributed by atoms with van der Waals surface area (Å²) in [6.45, 7) is 2.88. The number of pyridine rings is 1. The van der Waals surface area contributed by atoms with E-state index >= 15 is 0 Å². The van der Waals surface area contributed by atoms with Gasteiger partial charge >= 0.3 is 6.18 Å². The Morgan fingerprint density at radius 2 is 1.88 bits per heavy atom. The first-order valence-electron chi connectivity index (χ1n) is 10.2. The van der Waals surface area contributed by atoms with Crippen molar-refractivity contribution in [3.8, 4) is 5.75 Å². The van der Waals surface area contributed by atoms with Crippen LogP contribution in [0.2, 0.25) is 0 Å². The van der Waals surface area contributed by atoms with E-state index in [0.29, 0.717) is 11.6 Å². The average Bonchev–Trinajstić information content (AvgIpc) is 2.76. The highest BCUT2D eigenvalue weighted by Crippen LogP contribution is 2.43. The minimum absolute atomic E-state index is 0.00409. The van der Waals surface area contributed by atoms with Gasteiger partial charge in [0.05, 0.1) is 18.3 Å². The molecule has 34 heavy (non-hydrogen) atoms. The van der Waals surface area contributed by atoms with Crippen LogP contribution in [-0.2, 0) is 5.41 Å². The second-order valence-corrected chi connectivity index (χ2v) is 8.50. The molecule has 3 rings (SSSR count). The van der Waals surface area contributed by atoms with Crippen LogP contribution in [0.25, 0.3) is 10.9 Å². The van der Waals surface area contributed by atoms with Crippen LogP contribution in [0.4, 0.5) is 23.2 Å². The normalized spacial score (nSPS) is 14.4. The van der Waals surface area contributed by atoms with Gasteiger partial charge in [-0.15, -0.1) is 0 Å². The lowest BCUT2D eigenvalue weighted by Crippen LogP contribution is -2.50. The van der Waals surface area contributed by atoms with Crippen molar-refractivity contribution >= 4 is 28.7 Å². The highest BCUT2D eigenvalue weighted by atomic mass is 19.4. The number of fused-ring (bicyclic) bond motifs is 1. The number of benzene rings is 2. The van der Waals surface area contributed by atoms with Gasteiger partial charge < -0.3 is 15.6 Å². The summed E-state index contributed by atoms with van der Waals surface area (Å²) in [6, 6.07) is 11.0. The summed E-state index contributed by atoms with van der Waals surface area (Å²) in [5.41, 5.74) is 0.718. The fraction of sp³-hybridized carbons (Fsp3) is 0.292. The Bertz CT molecular complexity index is 1260. The highest BCUT2D eigenvalue weighted by Gasteiger charge is 2.55. The summed E-state index contributed by atoms with van der Waals surface area (Å²) in [7, 11) is 1.32. The van der Waals surface area contributed by atoms with E-state index in [1.807, 2.05) is 0 Å². The molecule has 180 valence electrons. The summed E-state index contributed by atoms with van der Waals surface area (Å²) >= 11 is 0. The Kier molecular flexibility index (Phi) is 6.66. The van der Waals surface area contributed by atoms with E-state index in [1.54, 1.807) is 12.1 Å². The van der Waals surface area contributed by atoms with Crippen molar-refractivity contribution in [1.29, 1.82) is 0 Å². The number of ether oxygens (including phenoxy) is 1. The maximum absolute atomic E-state index is 14.1. The second-order valence-electron chi connectivity index (χ2n) is 8.50. The number of hydrogen-bond acceptors (Lipinski definition) is 5. The number of para-hydroxylation sites is 1. The molecule has 1 heterocycles. The molecule has 3 N–H and O–H groups in total. The SMILES string of the molecule is COc1ccc(F)cc1C(C)(C)CC(O)(/C=N/c1cccc2ccc(C(N)=O)nc12)C(F)(F)F. The molecule has 0 aliphatic heterocycles. The van der Waals surface area contributed by atoms with Crippen LogP contribution in [0, 0.1) is 5.82 Å². The molecule has 10 heteroatoms. The van der Waals surface area contributed by atoms with Gasteiger partial charge in [-0.3, -0.25) is 9.79 Å². The Morgan fingerprint density at radius 3 is 2.50 bits per heavy atom. The Hall–Kier alpha value is -3.53. The molecule has 0 radical (unpaired) electrons. The zero-order valence-corrected chi connectivity index (χ0v) is 18.7. The zero-order chi connectivity index (χ0) is 25.3. The van der Waals surface area contributed by atoms with Crippen LogP contribution >= 0.6 is 0 Å². The molecule has 0 spiro atoms. The van der Waals surface area contributed by atoms with Crippen molar-refractivity contribution < 1.29 is 32.2 Å². The lowest BCUT2D eigenvalue weighted by molar-refractivity contribution is -0.234. The van der Waals surface area contributed by atoms with Crippen molar-refractivity contribution in [2.24, 2.45) is 10.7 Å². The number of aliphatic hydroxyl groups is 1. The fourth-order valence-electron chi connectivity index (χ4n) is 3.75. The minimum Gasteiger partial charge on any atom is -0.496 e. The van der Waals surface area contributed by atoms with Gasteiger partial charge in [-0.1, -0.05) is 32.0 Å². The van der Waals surface area contributed by atoms with Crippen LogP contribution in [0.3, 0.4) is 0 Å². The van der Waals surface area contributed by atoms with Crippen LogP contribution in [0.15, 0.2) is 53.5 Å². The first-order valence-corrected chi connectivity index (χ1v) is 10.2. The monoisotopic (exact) mass is 477 g/mol. The van der Waals surface area contributed by atoms with Crippen molar-refractivity contribution in [2.75, 3.05) is 7.11 Å². The summed E-state index contributed by atoms with van der Waals surface area (Å²) in [4.78, 5) is 19.4. The van der Waals surface area contributed by atoms with Crippen LogP contribution in [0.5, 0.6) is 5.75 Å². The number of hydrogen-bond donors (Lipinski definition) is 2. The van der Waals surface area contributed by atoms with Crippen LogP contribution < -0.4 is 10.5 Å². The fourth-order valence-corrected chi connectivity index (χ4v) is 3.75. The van der Waals surface area contributed by atoms with Gasteiger partial charge in [-0.05, 0) is 42.2 Å². The molecule has 1 unspecified atom stereocenters. The summed E-state index contributed by atoms with van der Waals surface area (Å²) in [5.74, 6) is -1.27. The van der Waals surface area contributed by atoms with E-state index in [1.165, 1.54) is 45.2 Å². The lowest BCUT2D eigenvalue weighted by atomic mass is 9.74. The Morgan fingerprint density at radius 1 is 1.18 bits per heavy atom. The number of primary amides is 1. The largest absolute Gasteiger partial charge is 0.496 e. The van der Waals surface area contributed by atoms with E-state index in [2.05, 4.69) is 9.98 Å². The molecular formula is C24H23F4N3O3. The molecular weight excluding hydrogens is 454 g/mol. The Labute approximate surface area is 193 Å². The van der Waals surface area contributed by atoms with Crippen molar-refractivity contribution in [2.45, 2.75) is 37.5 Å². The van der Waals surface area contributed by atoms with Gasteiger partial charge in [0.1, 0.15) is 17.3 Å². The molecule has 0 aliphatic rings. The quantitative estimate of drug-likeness (QED) is 0.376. The number of rotatable bonds is 7. The summed E-state index contributed by atoms with van der Waals surface area (Å²) in [6.07, 6.45) is -5.59. The molecule has 3 aromatic rings. The first kappa shape index (κ1) is 25.1. The number of nitrogens with zero attached hydrogens (tertiary/aromatic N) is 2. The van der Waals surface area contributed by atoms with Crippen molar-refractivity contribution in [1.82, 2.24) is 4.98 Å². The third-order valence-corrected chi connectivity index (χ3v) is 5.46. The van der Waals surface area contributed by atoms with Crippen molar-refractivity contribution in [3.63, 3.8) is 0 Å². The molecule has 0 saturated carbocycles.